The van der Waals surface area contributed by atoms with Crippen LogP contribution in [0.25, 0.3) is 0 Å². The van der Waals surface area contributed by atoms with Gasteiger partial charge < -0.3 is 4.43 Å². The van der Waals surface area contributed by atoms with Crippen molar-refractivity contribution in [3.8, 4) is 0 Å². The van der Waals surface area contributed by atoms with Crippen molar-refractivity contribution in [2.45, 2.75) is 51.7 Å². The van der Waals surface area contributed by atoms with Gasteiger partial charge in [-0.15, -0.1) is 5.10 Å². The Bertz CT molecular complexity index is 481. The van der Waals surface area contributed by atoms with Crippen LogP contribution in [0.1, 0.15) is 37.7 Å². The largest absolute Gasteiger partial charge is 0.530 e. The van der Waals surface area contributed by atoms with E-state index < -0.39 is 8.32 Å². The summed E-state index contributed by atoms with van der Waals surface area (Å²) in [5, 5.41) is 8.87. The molecule has 108 valence electrons. The quantitative estimate of drug-likeness (QED) is 0.346. The van der Waals surface area contributed by atoms with Gasteiger partial charge in [0.25, 0.3) is 0 Å². The second-order valence-electron chi connectivity index (χ2n) is 6.21. The summed E-state index contributed by atoms with van der Waals surface area (Å²) < 4.78 is 6.10. The lowest BCUT2D eigenvalue weighted by Crippen LogP contribution is -2.29. The van der Waals surface area contributed by atoms with Crippen LogP contribution in [0.5, 0.6) is 0 Å². The highest BCUT2D eigenvalue weighted by atomic mass is 28.4. The van der Waals surface area contributed by atoms with E-state index >= 15 is 0 Å². The molecule has 20 heavy (non-hydrogen) atoms. The van der Waals surface area contributed by atoms with Gasteiger partial charge in [-0.1, -0.05) is 24.6 Å². The summed E-state index contributed by atoms with van der Waals surface area (Å²) in [7, 11) is -1.69. The van der Waals surface area contributed by atoms with Crippen molar-refractivity contribution in [2.75, 3.05) is 0 Å². The molecule has 0 bridgehead atoms. The Morgan fingerprint density at radius 2 is 1.65 bits per heavy atom. The van der Waals surface area contributed by atoms with Gasteiger partial charge in [0.2, 0.25) is 14.2 Å². The average molecular weight is 288 g/mol. The Morgan fingerprint density at radius 3 is 2.25 bits per heavy atom. The summed E-state index contributed by atoms with van der Waals surface area (Å²) in [4.78, 5) is 0. The molecule has 1 aromatic carbocycles. The molecule has 0 heterocycles. The van der Waals surface area contributed by atoms with E-state index in [1.165, 1.54) is 25.0 Å². The molecule has 2 rings (SSSR count). The van der Waals surface area contributed by atoms with E-state index in [1.807, 2.05) is 30.3 Å². The van der Waals surface area contributed by atoms with Gasteiger partial charge in [-0.2, -0.15) is 5.10 Å². The Morgan fingerprint density at radius 1 is 1.00 bits per heavy atom. The fraction of sp³-hybridized carbons (Fsp3) is 0.500. The third kappa shape index (κ3) is 4.93. The van der Waals surface area contributed by atoms with Gasteiger partial charge >= 0.3 is 0 Å². The molecule has 0 atom stereocenters. The van der Waals surface area contributed by atoms with Crippen LogP contribution in [0, 0.1) is 0 Å². The monoisotopic (exact) mass is 288 g/mol. The molecule has 3 nitrogen and oxygen atoms in total. The van der Waals surface area contributed by atoms with Crippen molar-refractivity contribution < 1.29 is 4.43 Å². The SMILES string of the molecule is C[Si](C)(C)O/C(=N\N=C1CCCCC1)c1ccccc1. The van der Waals surface area contributed by atoms with E-state index in [1.54, 1.807) is 0 Å². The third-order valence-electron chi connectivity index (χ3n) is 3.14. The zero-order valence-corrected chi connectivity index (χ0v) is 13.7. The van der Waals surface area contributed by atoms with Gasteiger partial charge in [-0.25, -0.2) is 0 Å². The molecular formula is C16H24N2OSi. The van der Waals surface area contributed by atoms with Crippen LogP contribution in [-0.2, 0) is 4.43 Å². The normalized spacial score (nSPS) is 16.9. The standard InChI is InChI=1S/C16H24N2OSi/c1-20(2,3)19-16(14-10-6-4-7-11-14)18-17-15-12-8-5-9-13-15/h4,6-7,10-11H,5,8-9,12-13H2,1-3H3/b18-16-. The number of nitrogens with zero attached hydrogens (tertiary/aromatic N) is 2. The summed E-state index contributed by atoms with van der Waals surface area (Å²) >= 11 is 0. The van der Waals surface area contributed by atoms with Gasteiger partial charge in [0.15, 0.2) is 0 Å². The van der Waals surface area contributed by atoms with Crippen molar-refractivity contribution in [3.63, 3.8) is 0 Å². The summed E-state index contributed by atoms with van der Waals surface area (Å²) in [6.07, 6.45) is 5.96. The molecule has 1 aromatic rings. The smallest absolute Gasteiger partial charge is 0.244 e. The van der Waals surface area contributed by atoms with Crippen LogP contribution in [0.3, 0.4) is 0 Å². The van der Waals surface area contributed by atoms with Gasteiger partial charge in [0.05, 0.1) is 0 Å². The van der Waals surface area contributed by atoms with E-state index in [2.05, 4.69) is 29.8 Å². The molecular weight excluding hydrogens is 264 g/mol. The van der Waals surface area contributed by atoms with Crippen molar-refractivity contribution in [3.05, 3.63) is 35.9 Å². The summed E-state index contributed by atoms with van der Waals surface area (Å²) in [6.45, 7) is 6.50. The van der Waals surface area contributed by atoms with Crippen molar-refractivity contribution in [2.24, 2.45) is 10.2 Å². The van der Waals surface area contributed by atoms with Crippen molar-refractivity contribution >= 4 is 19.9 Å². The topological polar surface area (TPSA) is 34.0 Å². The molecule has 4 heteroatoms. The lowest BCUT2D eigenvalue weighted by atomic mass is 9.99. The lowest BCUT2D eigenvalue weighted by molar-refractivity contribution is 0.550. The summed E-state index contributed by atoms with van der Waals surface area (Å²) in [5.74, 6) is 0.669. The molecule has 1 aliphatic carbocycles. The number of rotatable bonds is 3. The highest BCUT2D eigenvalue weighted by Crippen LogP contribution is 2.16. The van der Waals surface area contributed by atoms with Crippen molar-refractivity contribution in [1.29, 1.82) is 0 Å². The van der Waals surface area contributed by atoms with E-state index in [0.717, 1.165) is 18.4 Å². The highest BCUT2D eigenvalue weighted by Gasteiger charge is 2.20. The maximum atomic E-state index is 6.10. The molecule has 0 spiro atoms. The Kier molecular flexibility index (Phi) is 5.12. The van der Waals surface area contributed by atoms with Crippen LogP contribution in [0.15, 0.2) is 40.5 Å². The number of hydrogen-bond donors (Lipinski definition) is 0. The predicted octanol–water partition coefficient (Wildman–Crippen LogP) is 4.60. The minimum absolute atomic E-state index is 0.669. The molecule has 0 unspecified atom stereocenters. The van der Waals surface area contributed by atoms with E-state index in [4.69, 9.17) is 4.43 Å². The molecule has 0 aromatic heterocycles. The first-order valence-electron chi connectivity index (χ1n) is 7.42. The van der Waals surface area contributed by atoms with Crippen LogP contribution in [0.4, 0.5) is 0 Å². The average Bonchev–Trinajstić information content (AvgIpc) is 2.44. The molecule has 0 saturated heterocycles. The van der Waals surface area contributed by atoms with E-state index in [9.17, 15) is 0 Å². The zero-order valence-electron chi connectivity index (χ0n) is 12.7. The molecule has 1 fully saturated rings. The number of benzene rings is 1. The highest BCUT2D eigenvalue weighted by molar-refractivity contribution is 6.71. The zero-order chi connectivity index (χ0) is 14.4. The fourth-order valence-corrected chi connectivity index (χ4v) is 2.92. The van der Waals surface area contributed by atoms with Gasteiger partial charge in [-0.05, 0) is 57.5 Å². The molecule has 1 aliphatic rings. The van der Waals surface area contributed by atoms with Gasteiger partial charge in [0.1, 0.15) is 0 Å². The fourth-order valence-electron chi connectivity index (χ4n) is 2.18. The molecule has 1 saturated carbocycles. The first-order chi connectivity index (χ1) is 9.54. The summed E-state index contributed by atoms with van der Waals surface area (Å²) in [6, 6.07) is 10.1. The first-order valence-corrected chi connectivity index (χ1v) is 10.8. The van der Waals surface area contributed by atoms with E-state index in [0.29, 0.717) is 5.90 Å². The Balaban J connectivity index is 2.22. The predicted molar refractivity (Wildman–Crippen MR) is 87.9 cm³/mol. The lowest BCUT2D eigenvalue weighted by Gasteiger charge is -2.20. The van der Waals surface area contributed by atoms with E-state index in [-0.39, 0.29) is 0 Å². The molecule has 0 N–H and O–H groups in total. The maximum Gasteiger partial charge on any atom is 0.244 e. The van der Waals surface area contributed by atoms with Crippen LogP contribution < -0.4 is 0 Å². The number of hydrogen-bond acceptors (Lipinski definition) is 3. The van der Waals surface area contributed by atoms with Crippen LogP contribution in [-0.4, -0.2) is 19.9 Å². The minimum atomic E-state index is -1.69. The second-order valence-corrected chi connectivity index (χ2v) is 10.6. The molecule has 0 radical (unpaired) electrons. The second kappa shape index (κ2) is 6.84. The summed E-state index contributed by atoms with van der Waals surface area (Å²) in [5.41, 5.74) is 2.22. The van der Waals surface area contributed by atoms with Gasteiger partial charge in [0, 0.05) is 11.3 Å². The van der Waals surface area contributed by atoms with Gasteiger partial charge in [-0.3, -0.25) is 0 Å². The van der Waals surface area contributed by atoms with Crippen LogP contribution >= 0.6 is 0 Å². The third-order valence-corrected chi connectivity index (χ3v) is 3.94. The Hall–Kier alpha value is -1.42. The molecule has 0 aliphatic heterocycles. The maximum absolute atomic E-state index is 6.10. The Labute approximate surface area is 122 Å². The first kappa shape index (κ1) is 15.0. The molecule has 0 amide bonds. The van der Waals surface area contributed by atoms with Crippen molar-refractivity contribution in [1.82, 2.24) is 0 Å². The van der Waals surface area contributed by atoms with Crippen LogP contribution in [0.2, 0.25) is 19.6 Å². The minimum Gasteiger partial charge on any atom is -0.530 e.